The Balaban J connectivity index is 1.55. The van der Waals surface area contributed by atoms with Crippen molar-refractivity contribution < 1.29 is 9.53 Å². The number of amides is 1. The van der Waals surface area contributed by atoms with Crippen LogP contribution in [0, 0.1) is 0 Å². The highest BCUT2D eigenvalue weighted by Crippen LogP contribution is 2.13. The number of halogens is 1. The average Bonchev–Trinajstić information content (AvgIpc) is 2.96. The first-order valence-electron chi connectivity index (χ1n) is 6.79. The molecule has 3 aromatic rings. The zero-order chi connectivity index (χ0) is 15.4. The minimum Gasteiger partial charge on any atom is -0.484 e. The second kappa shape index (κ2) is 6.49. The number of para-hydroxylation sites is 1. The van der Waals surface area contributed by atoms with Gasteiger partial charge in [-0.3, -0.25) is 9.20 Å². The van der Waals surface area contributed by atoms with E-state index in [4.69, 9.17) is 16.3 Å². The van der Waals surface area contributed by atoms with Gasteiger partial charge < -0.3 is 10.1 Å². The summed E-state index contributed by atoms with van der Waals surface area (Å²) in [6.07, 6.45) is 1.80. The maximum Gasteiger partial charge on any atom is 0.258 e. The molecule has 0 aliphatic heterocycles. The Hall–Kier alpha value is -2.53. The van der Waals surface area contributed by atoms with Crippen LogP contribution in [0.25, 0.3) is 5.65 Å². The lowest BCUT2D eigenvalue weighted by Gasteiger charge is -2.06. The van der Waals surface area contributed by atoms with Crippen LogP contribution in [0.2, 0.25) is 5.15 Å². The van der Waals surface area contributed by atoms with Gasteiger partial charge in [0.25, 0.3) is 5.91 Å². The molecule has 2 heterocycles. The molecule has 1 N–H and O–H groups in total. The minimum absolute atomic E-state index is 0.0296. The van der Waals surface area contributed by atoms with E-state index >= 15 is 0 Å². The summed E-state index contributed by atoms with van der Waals surface area (Å²) in [5.74, 6) is 0.462. The van der Waals surface area contributed by atoms with Crippen molar-refractivity contribution in [2.24, 2.45) is 0 Å². The number of ether oxygens (including phenoxy) is 1. The monoisotopic (exact) mass is 315 g/mol. The van der Waals surface area contributed by atoms with E-state index in [2.05, 4.69) is 10.3 Å². The average molecular weight is 316 g/mol. The lowest BCUT2D eigenvalue weighted by molar-refractivity contribution is -0.123. The molecule has 0 saturated carbocycles. The third-order valence-corrected chi connectivity index (χ3v) is 3.38. The summed E-state index contributed by atoms with van der Waals surface area (Å²) in [5, 5.41) is 3.35. The van der Waals surface area contributed by atoms with Crippen LogP contribution in [0.3, 0.4) is 0 Å². The van der Waals surface area contributed by atoms with Gasteiger partial charge in [-0.25, -0.2) is 4.98 Å². The van der Waals surface area contributed by atoms with Gasteiger partial charge in [0.15, 0.2) is 6.61 Å². The molecule has 112 valence electrons. The fourth-order valence-electron chi connectivity index (χ4n) is 2.02. The summed E-state index contributed by atoms with van der Waals surface area (Å²) in [6.45, 7) is 0.299. The lowest BCUT2D eigenvalue weighted by atomic mass is 10.3. The number of carbonyl (C=O) groups is 1. The second-order valence-corrected chi connectivity index (χ2v) is 5.07. The van der Waals surface area contributed by atoms with Gasteiger partial charge in [-0.15, -0.1) is 0 Å². The third kappa shape index (κ3) is 3.38. The van der Waals surface area contributed by atoms with E-state index in [1.807, 2.05) is 30.3 Å². The van der Waals surface area contributed by atoms with Crippen molar-refractivity contribution in [2.75, 3.05) is 6.61 Å². The van der Waals surface area contributed by atoms with Gasteiger partial charge in [0.2, 0.25) is 0 Å². The topological polar surface area (TPSA) is 55.6 Å². The lowest BCUT2D eigenvalue weighted by Crippen LogP contribution is -2.28. The summed E-state index contributed by atoms with van der Waals surface area (Å²) in [7, 11) is 0. The van der Waals surface area contributed by atoms with E-state index in [1.54, 1.807) is 28.8 Å². The minimum atomic E-state index is -0.202. The molecule has 0 bridgehead atoms. The number of pyridine rings is 1. The molecule has 0 unspecified atom stereocenters. The number of nitrogens with one attached hydrogen (secondary N) is 1. The number of carbonyl (C=O) groups excluding carboxylic acids is 1. The summed E-state index contributed by atoms with van der Waals surface area (Å²) >= 11 is 6.07. The summed E-state index contributed by atoms with van der Waals surface area (Å²) in [6, 6.07) is 14.7. The van der Waals surface area contributed by atoms with Crippen LogP contribution in [0.1, 0.15) is 5.69 Å². The van der Waals surface area contributed by atoms with E-state index in [0.717, 1.165) is 11.3 Å². The van der Waals surface area contributed by atoms with Crippen LogP contribution < -0.4 is 10.1 Å². The predicted molar refractivity (Wildman–Crippen MR) is 84.0 cm³/mol. The molecule has 0 atom stereocenters. The number of hydrogen-bond acceptors (Lipinski definition) is 3. The van der Waals surface area contributed by atoms with Gasteiger partial charge >= 0.3 is 0 Å². The second-order valence-electron chi connectivity index (χ2n) is 4.69. The molecule has 0 fully saturated rings. The summed E-state index contributed by atoms with van der Waals surface area (Å²) < 4.78 is 7.14. The zero-order valence-corrected chi connectivity index (χ0v) is 12.5. The van der Waals surface area contributed by atoms with Gasteiger partial charge in [0.1, 0.15) is 16.5 Å². The number of rotatable bonds is 5. The maximum atomic E-state index is 11.8. The zero-order valence-electron chi connectivity index (χ0n) is 11.7. The Bertz CT molecular complexity index is 786. The molecule has 5 nitrogen and oxygen atoms in total. The highest BCUT2D eigenvalue weighted by molar-refractivity contribution is 6.29. The largest absolute Gasteiger partial charge is 0.484 e. The Morgan fingerprint density at radius 2 is 2.00 bits per heavy atom. The number of benzene rings is 1. The maximum absolute atomic E-state index is 11.8. The first-order valence-corrected chi connectivity index (χ1v) is 7.17. The molecule has 1 aromatic carbocycles. The molecule has 0 saturated heterocycles. The predicted octanol–water partition coefficient (Wildman–Crippen LogP) is 2.68. The standard InChI is InChI=1S/C16H14ClN3O2/c17-14-7-4-8-15-19-12(10-20(14)15)9-18-16(21)11-22-13-5-2-1-3-6-13/h1-8,10H,9,11H2,(H,18,21). The van der Waals surface area contributed by atoms with Gasteiger partial charge in [-0.2, -0.15) is 0 Å². The quantitative estimate of drug-likeness (QED) is 0.736. The smallest absolute Gasteiger partial charge is 0.258 e. The van der Waals surface area contributed by atoms with Gasteiger partial charge in [-0.1, -0.05) is 35.9 Å². The number of nitrogens with zero attached hydrogens (tertiary/aromatic N) is 2. The normalized spacial score (nSPS) is 10.6. The van der Waals surface area contributed by atoms with Gasteiger partial charge in [-0.05, 0) is 24.3 Å². The van der Waals surface area contributed by atoms with E-state index in [1.165, 1.54) is 0 Å². The highest BCUT2D eigenvalue weighted by Gasteiger charge is 2.06. The van der Waals surface area contributed by atoms with E-state index in [0.29, 0.717) is 17.4 Å². The Kier molecular flexibility index (Phi) is 4.25. The third-order valence-electron chi connectivity index (χ3n) is 3.07. The van der Waals surface area contributed by atoms with Crippen molar-refractivity contribution in [3.8, 4) is 5.75 Å². The van der Waals surface area contributed by atoms with Crippen LogP contribution in [0.5, 0.6) is 5.75 Å². The molecule has 1 amide bonds. The fraction of sp³-hybridized carbons (Fsp3) is 0.125. The number of imidazole rings is 1. The molecule has 2 aromatic heterocycles. The number of hydrogen-bond donors (Lipinski definition) is 1. The van der Waals surface area contributed by atoms with Gasteiger partial charge in [0.05, 0.1) is 12.2 Å². The molecule has 22 heavy (non-hydrogen) atoms. The van der Waals surface area contributed by atoms with E-state index in [9.17, 15) is 4.79 Å². The van der Waals surface area contributed by atoms with Crippen LogP contribution in [-0.2, 0) is 11.3 Å². The van der Waals surface area contributed by atoms with Crippen molar-refractivity contribution in [2.45, 2.75) is 6.54 Å². The summed E-state index contributed by atoms with van der Waals surface area (Å²) in [4.78, 5) is 16.2. The molecule has 0 spiro atoms. The van der Waals surface area contributed by atoms with Crippen LogP contribution in [-0.4, -0.2) is 21.9 Å². The fourth-order valence-corrected chi connectivity index (χ4v) is 2.23. The molecule has 0 radical (unpaired) electrons. The Labute approximate surface area is 132 Å². The first-order chi connectivity index (χ1) is 10.7. The first kappa shape index (κ1) is 14.4. The Morgan fingerprint density at radius 3 is 2.77 bits per heavy atom. The van der Waals surface area contributed by atoms with Crippen LogP contribution in [0.4, 0.5) is 0 Å². The van der Waals surface area contributed by atoms with Crippen molar-refractivity contribution in [3.05, 3.63) is 65.6 Å². The summed E-state index contributed by atoms with van der Waals surface area (Å²) in [5.41, 5.74) is 1.48. The Morgan fingerprint density at radius 1 is 1.18 bits per heavy atom. The van der Waals surface area contributed by atoms with Crippen molar-refractivity contribution >= 4 is 23.2 Å². The molecule has 0 aliphatic rings. The molecule has 0 aliphatic carbocycles. The van der Waals surface area contributed by atoms with Crippen molar-refractivity contribution in [3.63, 3.8) is 0 Å². The molecular formula is C16H14ClN3O2. The van der Waals surface area contributed by atoms with Crippen molar-refractivity contribution in [1.29, 1.82) is 0 Å². The van der Waals surface area contributed by atoms with Crippen molar-refractivity contribution in [1.82, 2.24) is 14.7 Å². The molecule has 6 heteroatoms. The molecule has 3 rings (SSSR count). The van der Waals surface area contributed by atoms with Gasteiger partial charge in [0, 0.05) is 6.20 Å². The molecular weight excluding hydrogens is 302 g/mol. The highest BCUT2D eigenvalue weighted by atomic mass is 35.5. The van der Waals surface area contributed by atoms with Crippen LogP contribution in [0.15, 0.2) is 54.7 Å². The van der Waals surface area contributed by atoms with Crippen LogP contribution >= 0.6 is 11.6 Å². The van der Waals surface area contributed by atoms with E-state index in [-0.39, 0.29) is 12.5 Å². The number of aromatic nitrogens is 2. The van der Waals surface area contributed by atoms with E-state index < -0.39 is 0 Å². The SMILES string of the molecule is O=C(COc1ccccc1)NCc1cn2c(Cl)cccc2n1. The number of fused-ring (bicyclic) bond motifs is 1.